The second-order valence-corrected chi connectivity index (χ2v) is 2.87. The third-order valence-corrected chi connectivity index (χ3v) is 2.28. The number of carbonyl (C=O) groups is 1. The Balaban J connectivity index is 2.50. The molecule has 0 aromatic heterocycles. The van der Waals surface area contributed by atoms with E-state index < -0.39 is 5.97 Å². The summed E-state index contributed by atoms with van der Waals surface area (Å²) in [5.41, 5.74) is 5.40. The number of hydrogen-bond donors (Lipinski definition) is 2. The van der Waals surface area contributed by atoms with Crippen molar-refractivity contribution >= 4 is 5.97 Å². The van der Waals surface area contributed by atoms with Crippen LogP contribution in [0, 0.1) is 11.8 Å². The zero-order valence-corrected chi connectivity index (χ0v) is 5.92. The molecule has 0 aromatic carbocycles. The molecular weight excluding hydrogens is 130 g/mol. The van der Waals surface area contributed by atoms with Crippen molar-refractivity contribution in [1.29, 1.82) is 0 Å². The second kappa shape index (κ2) is 3.01. The molecule has 0 radical (unpaired) electrons. The summed E-state index contributed by atoms with van der Waals surface area (Å²) in [5, 5.41) is 8.66. The Bertz CT molecular complexity index is 136. The fourth-order valence-corrected chi connectivity index (χ4v) is 1.64. The highest BCUT2D eigenvalue weighted by molar-refractivity contribution is 5.70. The number of carboxylic acids is 1. The first kappa shape index (κ1) is 7.54. The number of aliphatic carboxylic acids is 1. The van der Waals surface area contributed by atoms with Crippen molar-refractivity contribution in [3.63, 3.8) is 0 Å². The van der Waals surface area contributed by atoms with Gasteiger partial charge in [0.2, 0.25) is 0 Å². The Morgan fingerprint density at radius 2 is 2.30 bits per heavy atom. The Morgan fingerprint density at radius 1 is 1.60 bits per heavy atom. The van der Waals surface area contributed by atoms with Crippen LogP contribution in [0.25, 0.3) is 0 Å². The molecular formula is C7H13NO2. The first-order chi connectivity index (χ1) is 4.75. The summed E-state index contributed by atoms with van der Waals surface area (Å²) in [5.74, 6) is -0.601. The van der Waals surface area contributed by atoms with Gasteiger partial charge in [0.1, 0.15) is 0 Å². The van der Waals surface area contributed by atoms with Gasteiger partial charge in [-0.25, -0.2) is 0 Å². The molecule has 2 atom stereocenters. The standard InChI is InChI=1S/C7H13NO2/c8-4-5-2-1-3-6(5)7(9)10/h5-6H,1-4,8H2,(H,9,10)/t5-,6-/m1/s1. The highest BCUT2D eigenvalue weighted by Gasteiger charge is 2.31. The normalized spacial score (nSPS) is 32.5. The van der Waals surface area contributed by atoms with Crippen molar-refractivity contribution in [1.82, 2.24) is 0 Å². The van der Waals surface area contributed by atoms with E-state index in [1.165, 1.54) is 0 Å². The van der Waals surface area contributed by atoms with Crippen LogP contribution in [0.1, 0.15) is 19.3 Å². The minimum Gasteiger partial charge on any atom is -0.481 e. The van der Waals surface area contributed by atoms with Gasteiger partial charge in [0.05, 0.1) is 5.92 Å². The first-order valence-corrected chi connectivity index (χ1v) is 3.68. The summed E-state index contributed by atoms with van der Waals surface area (Å²) in [6, 6.07) is 0. The average molecular weight is 143 g/mol. The summed E-state index contributed by atoms with van der Waals surface area (Å²) < 4.78 is 0. The topological polar surface area (TPSA) is 63.3 Å². The van der Waals surface area contributed by atoms with Gasteiger partial charge in [-0.2, -0.15) is 0 Å². The second-order valence-electron chi connectivity index (χ2n) is 2.87. The van der Waals surface area contributed by atoms with Crippen molar-refractivity contribution in [2.75, 3.05) is 6.54 Å². The SMILES string of the molecule is NC[C@H]1CCC[C@H]1C(=O)O. The zero-order chi connectivity index (χ0) is 7.56. The van der Waals surface area contributed by atoms with Gasteiger partial charge < -0.3 is 10.8 Å². The van der Waals surface area contributed by atoms with Gasteiger partial charge in [0.25, 0.3) is 0 Å². The molecule has 3 N–H and O–H groups in total. The van der Waals surface area contributed by atoms with Crippen LogP contribution in [0.5, 0.6) is 0 Å². The molecule has 0 amide bonds. The third kappa shape index (κ3) is 1.29. The van der Waals surface area contributed by atoms with E-state index in [4.69, 9.17) is 10.8 Å². The van der Waals surface area contributed by atoms with Crippen LogP contribution < -0.4 is 5.73 Å². The van der Waals surface area contributed by atoms with Crippen LogP contribution in [0.4, 0.5) is 0 Å². The molecule has 0 saturated heterocycles. The monoisotopic (exact) mass is 143 g/mol. The van der Waals surface area contributed by atoms with Gasteiger partial charge in [-0.05, 0) is 25.3 Å². The Hall–Kier alpha value is -0.570. The van der Waals surface area contributed by atoms with Crippen molar-refractivity contribution in [2.24, 2.45) is 17.6 Å². The lowest BCUT2D eigenvalue weighted by molar-refractivity contribution is -0.142. The predicted molar refractivity (Wildman–Crippen MR) is 37.5 cm³/mol. The predicted octanol–water partition coefficient (Wildman–Crippen LogP) is 0.446. The Labute approximate surface area is 60.2 Å². The molecule has 0 unspecified atom stereocenters. The fourth-order valence-electron chi connectivity index (χ4n) is 1.64. The maximum absolute atomic E-state index is 10.5. The molecule has 1 aliphatic carbocycles. The molecule has 3 heteroatoms. The van der Waals surface area contributed by atoms with E-state index in [0.29, 0.717) is 6.54 Å². The lowest BCUT2D eigenvalue weighted by Gasteiger charge is -2.11. The van der Waals surface area contributed by atoms with E-state index in [-0.39, 0.29) is 11.8 Å². The van der Waals surface area contributed by atoms with Crippen LogP contribution in [0.15, 0.2) is 0 Å². The van der Waals surface area contributed by atoms with E-state index in [1.54, 1.807) is 0 Å². The van der Waals surface area contributed by atoms with Crippen molar-refractivity contribution < 1.29 is 9.90 Å². The molecule has 1 aliphatic rings. The molecule has 0 aliphatic heterocycles. The molecule has 58 valence electrons. The number of hydrogen-bond acceptors (Lipinski definition) is 2. The van der Waals surface area contributed by atoms with Crippen LogP contribution in [-0.4, -0.2) is 17.6 Å². The van der Waals surface area contributed by atoms with Gasteiger partial charge in [-0.3, -0.25) is 4.79 Å². The highest BCUT2D eigenvalue weighted by Crippen LogP contribution is 2.30. The van der Waals surface area contributed by atoms with Crippen LogP contribution >= 0.6 is 0 Å². The lowest BCUT2D eigenvalue weighted by atomic mass is 9.97. The number of rotatable bonds is 2. The van der Waals surface area contributed by atoms with Crippen molar-refractivity contribution in [3.8, 4) is 0 Å². The Kier molecular flexibility index (Phi) is 2.27. The lowest BCUT2D eigenvalue weighted by Crippen LogP contribution is -2.24. The number of nitrogens with two attached hydrogens (primary N) is 1. The summed E-state index contributed by atoms with van der Waals surface area (Å²) in [6.07, 6.45) is 2.84. The van der Waals surface area contributed by atoms with Crippen LogP contribution in [0.3, 0.4) is 0 Å². The highest BCUT2D eigenvalue weighted by atomic mass is 16.4. The van der Waals surface area contributed by atoms with Gasteiger partial charge in [0, 0.05) is 0 Å². The fraction of sp³-hybridized carbons (Fsp3) is 0.857. The average Bonchev–Trinajstić information content (AvgIpc) is 2.33. The van der Waals surface area contributed by atoms with E-state index >= 15 is 0 Å². The van der Waals surface area contributed by atoms with Gasteiger partial charge in [-0.1, -0.05) is 6.42 Å². The summed E-state index contributed by atoms with van der Waals surface area (Å²) >= 11 is 0. The molecule has 0 aromatic rings. The molecule has 10 heavy (non-hydrogen) atoms. The molecule has 0 bridgehead atoms. The van der Waals surface area contributed by atoms with Gasteiger partial charge in [0.15, 0.2) is 0 Å². The molecule has 0 heterocycles. The molecule has 1 saturated carbocycles. The number of carboxylic acid groups (broad SMARTS) is 1. The summed E-state index contributed by atoms with van der Waals surface area (Å²) in [7, 11) is 0. The molecule has 1 fully saturated rings. The minimum atomic E-state index is -0.673. The van der Waals surface area contributed by atoms with Gasteiger partial charge >= 0.3 is 5.97 Å². The van der Waals surface area contributed by atoms with Gasteiger partial charge in [-0.15, -0.1) is 0 Å². The molecule has 0 spiro atoms. The smallest absolute Gasteiger partial charge is 0.306 e. The quantitative estimate of drug-likeness (QED) is 0.589. The maximum atomic E-state index is 10.5. The van der Waals surface area contributed by atoms with Crippen molar-refractivity contribution in [3.05, 3.63) is 0 Å². The van der Waals surface area contributed by atoms with E-state index in [2.05, 4.69) is 0 Å². The largest absolute Gasteiger partial charge is 0.481 e. The summed E-state index contributed by atoms with van der Waals surface area (Å²) in [4.78, 5) is 10.5. The first-order valence-electron chi connectivity index (χ1n) is 3.68. The maximum Gasteiger partial charge on any atom is 0.306 e. The van der Waals surface area contributed by atoms with E-state index in [0.717, 1.165) is 19.3 Å². The van der Waals surface area contributed by atoms with Crippen LogP contribution in [-0.2, 0) is 4.79 Å². The molecule has 3 nitrogen and oxygen atoms in total. The molecule has 1 rings (SSSR count). The minimum absolute atomic E-state index is 0.162. The van der Waals surface area contributed by atoms with Crippen molar-refractivity contribution in [2.45, 2.75) is 19.3 Å². The zero-order valence-electron chi connectivity index (χ0n) is 5.92. The summed E-state index contributed by atoms with van der Waals surface area (Å²) in [6.45, 7) is 0.525. The van der Waals surface area contributed by atoms with Crippen LogP contribution in [0.2, 0.25) is 0 Å². The van der Waals surface area contributed by atoms with E-state index in [9.17, 15) is 4.79 Å². The third-order valence-electron chi connectivity index (χ3n) is 2.28. The van der Waals surface area contributed by atoms with E-state index in [1.807, 2.05) is 0 Å². The Morgan fingerprint density at radius 3 is 2.70 bits per heavy atom.